The van der Waals surface area contributed by atoms with E-state index in [9.17, 15) is 9.18 Å². The van der Waals surface area contributed by atoms with Gasteiger partial charge in [-0.1, -0.05) is 0 Å². The third kappa shape index (κ3) is 2.74. The van der Waals surface area contributed by atoms with Crippen molar-refractivity contribution in [1.29, 1.82) is 0 Å². The summed E-state index contributed by atoms with van der Waals surface area (Å²) in [7, 11) is 0. The van der Waals surface area contributed by atoms with Gasteiger partial charge in [0.15, 0.2) is 4.77 Å². The predicted molar refractivity (Wildman–Crippen MR) is 83.7 cm³/mol. The molecule has 2 heterocycles. The van der Waals surface area contributed by atoms with Crippen LogP contribution in [0.15, 0.2) is 23.6 Å². The average Bonchev–Trinajstić information content (AvgIpc) is 3.00. The zero-order valence-electron chi connectivity index (χ0n) is 11.1. The number of thiophene rings is 1. The first-order chi connectivity index (χ1) is 10.0. The summed E-state index contributed by atoms with van der Waals surface area (Å²) in [6.45, 7) is 2.41. The fraction of sp³-hybridized carbons (Fsp3) is 0.143. The molecule has 0 aliphatic rings. The third-order valence-corrected chi connectivity index (χ3v) is 4.44. The molecule has 0 unspecified atom stereocenters. The Morgan fingerprint density at radius 1 is 1.43 bits per heavy atom. The maximum absolute atomic E-state index is 13.6. The van der Waals surface area contributed by atoms with Crippen LogP contribution in [0.5, 0.6) is 0 Å². The van der Waals surface area contributed by atoms with E-state index in [0.29, 0.717) is 22.3 Å². The van der Waals surface area contributed by atoms with Crippen LogP contribution < -0.4 is 5.32 Å². The summed E-state index contributed by atoms with van der Waals surface area (Å²) >= 11 is 6.56. The standard InChI is InChI=1S/C14H12FN3OS2/c1-7-2-3-21-11(7)6-16-13(19)9-4-8(15)5-10-12(9)18-14(20)17-10/h2-5H,6H2,1H3,(H,16,19)(H2,17,18,20). The van der Waals surface area contributed by atoms with Crippen molar-refractivity contribution in [1.82, 2.24) is 15.3 Å². The molecule has 0 fully saturated rings. The van der Waals surface area contributed by atoms with Gasteiger partial charge < -0.3 is 15.3 Å². The molecular formula is C14H12FN3OS2. The van der Waals surface area contributed by atoms with Crippen molar-refractivity contribution in [2.45, 2.75) is 13.5 Å². The Hall–Kier alpha value is -1.99. The van der Waals surface area contributed by atoms with Gasteiger partial charge in [-0.2, -0.15) is 0 Å². The monoisotopic (exact) mass is 321 g/mol. The van der Waals surface area contributed by atoms with Gasteiger partial charge in [0.2, 0.25) is 0 Å². The number of hydrogen-bond acceptors (Lipinski definition) is 3. The quantitative estimate of drug-likeness (QED) is 0.645. The number of benzene rings is 1. The largest absolute Gasteiger partial charge is 0.347 e. The zero-order chi connectivity index (χ0) is 15.0. The van der Waals surface area contributed by atoms with Gasteiger partial charge in [0.1, 0.15) is 5.82 Å². The Morgan fingerprint density at radius 3 is 2.95 bits per heavy atom. The van der Waals surface area contributed by atoms with Crippen molar-refractivity contribution < 1.29 is 9.18 Å². The number of hydrogen-bond donors (Lipinski definition) is 3. The summed E-state index contributed by atoms with van der Waals surface area (Å²) in [5, 5.41) is 4.78. The number of halogens is 1. The molecule has 0 atom stereocenters. The molecular weight excluding hydrogens is 309 g/mol. The zero-order valence-corrected chi connectivity index (χ0v) is 12.8. The summed E-state index contributed by atoms with van der Waals surface area (Å²) in [5.74, 6) is -0.817. The van der Waals surface area contributed by atoms with E-state index in [2.05, 4.69) is 15.3 Å². The fourth-order valence-electron chi connectivity index (χ4n) is 2.13. The van der Waals surface area contributed by atoms with E-state index in [0.717, 1.165) is 10.4 Å². The Balaban J connectivity index is 1.91. The Kier molecular flexibility index (Phi) is 3.60. The van der Waals surface area contributed by atoms with Crippen LogP contribution >= 0.6 is 23.6 Å². The highest BCUT2D eigenvalue weighted by atomic mass is 32.1. The Morgan fingerprint density at radius 2 is 2.24 bits per heavy atom. The number of aromatic amines is 2. The lowest BCUT2D eigenvalue weighted by Crippen LogP contribution is -2.23. The van der Waals surface area contributed by atoms with E-state index >= 15 is 0 Å². The molecule has 0 radical (unpaired) electrons. The normalized spacial score (nSPS) is 11.0. The summed E-state index contributed by atoms with van der Waals surface area (Å²) in [6, 6.07) is 4.51. The maximum Gasteiger partial charge on any atom is 0.253 e. The molecule has 3 N–H and O–H groups in total. The number of amides is 1. The number of fused-ring (bicyclic) bond motifs is 1. The maximum atomic E-state index is 13.6. The van der Waals surface area contributed by atoms with Gasteiger partial charge >= 0.3 is 0 Å². The third-order valence-electron chi connectivity index (χ3n) is 3.21. The molecule has 3 rings (SSSR count). The Labute approximate surface area is 129 Å². The molecule has 4 nitrogen and oxygen atoms in total. The molecule has 21 heavy (non-hydrogen) atoms. The lowest BCUT2D eigenvalue weighted by molar-refractivity contribution is 0.0952. The molecule has 3 aromatic rings. The van der Waals surface area contributed by atoms with E-state index in [1.807, 2.05) is 18.4 Å². The number of carbonyl (C=O) groups is 1. The number of H-pyrrole nitrogens is 2. The molecule has 0 saturated heterocycles. The van der Waals surface area contributed by atoms with Gasteiger partial charge in [0.05, 0.1) is 23.1 Å². The first kappa shape index (κ1) is 14.0. The van der Waals surface area contributed by atoms with Crippen LogP contribution in [-0.2, 0) is 6.54 Å². The lowest BCUT2D eigenvalue weighted by atomic mass is 10.1. The number of aryl methyl sites for hydroxylation is 1. The second-order valence-corrected chi connectivity index (χ2v) is 6.07. The van der Waals surface area contributed by atoms with Crippen LogP contribution in [0, 0.1) is 17.5 Å². The molecule has 108 valence electrons. The molecule has 1 aromatic carbocycles. The van der Waals surface area contributed by atoms with Crippen molar-refractivity contribution in [3.8, 4) is 0 Å². The van der Waals surface area contributed by atoms with Crippen LogP contribution in [0.4, 0.5) is 4.39 Å². The van der Waals surface area contributed by atoms with E-state index in [4.69, 9.17) is 12.2 Å². The molecule has 0 spiro atoms. The second-order valence-electron chi connectivity index (χ2n) is 4.66. The highest BCUT2D eigenvalue weighted by Gasteiger charge is 2.14. The SMILES string of the molecule is Cc1ccsc1CNC(=O)c1cc(F)cc2[nH]c(=S)[nH]c12. The molecule has 0 bridgehead atoms. The number of aromatic nitrogens is 2. The topological polar surface area (TPSA) is 60.7 Å². The first-order valence-electron chi connectivity index (χ1n) is 6.27. The van der Waals surface area contributed by atoms with E-state index in [1.165, 1.54) is 12.1 Å². The van der Waals surface area contributed by atoms with Crippen molar-refractivity contribution in [3.05, 3.63) is 50.2 Å². The summed E-state index contributed by atoms with van der Waals surface area (Å²) in [4.78, 5) is 19.1. The van der Waals surface area contributed by atoms with Gasteiger partial charge in [0, 0.05) is 4.88 Å². The number of imidazole rings is 1. The molecule has 1 amide bonds. The van der Waals surface area contributed by atoms with Gasteiger partial charge in [0.25, 0.3) is 5.91 Å². The van der Waals surface area contributed by atoms with E-state index < -0.39 is 5.82 Å². The minimum absolute atomic E-state index is 0.242. The molecule has 0 aliphatic carbocycles. The second kappa shape index (κ2) is 5.42. The summed E-state index contributed by atoms with van der Waals surface area (Å²) in [6.07, 6.45) is 0. The molecule has 0 aliphatic heterocycles. The fourth-order valence-corrected chi connectivity index (χ4v) is 3.19. The van der Waals surface area contributed by atoms with Gasteiger partial charge in [-0.05, 0) is 48.3 Å². The number of carbonyl (C=O) groups excluding carboxylic acids is 1. The van der Waals surface area contributed by atoms with Gasteiger partial charge in [-0.3, -0.25) is 4.79 Å². The van der Waals surface area contributed by atoms with Crippen LogP contribution in [-0.4, -0.2) is 15.9 Å². The van der Waals surface area contributed by atoms with E-state index in [1.54, 1.807) is 11.3 Å². The predicted octanol–water partition coefficient (Wildman–Crippen LogP) is 3.66. The molecule has 7 heteroatoms. The van der Waals surface area contributed by atoms with Crippen LogP contribution in [0.1, 0.15) is 20.8 Å². The van der Waals surface area contributed by atoms with E-state index in [-0.39, 0.29) is 11.5 Å². The van der Waals surface area contributed by atoms with Crippen LogP contribution in [0.25, 0.3) is 11.0 Å². The minimum Gasteiger partial charge on any atom is -0.347 e. The smallest absolute Gasteiger partial charge is 0.253 e. The highest BCUT2D eigenvalue weighted by molar-refractivity contribution is 7.71. The van der Waals surface area contributed by atoms with Crippen LogP contribution in [0.3, 0.4) is 0 Å². The van der Waals surface area contributed by atoms with Gasteiger partial charge in [-0.25, -0.2) is 4.39 Å². The summed E-state index contributed by atoms with van der Waals surface area (Å²) in [5.41, 5.74) is 2.37. The Bertz CT molecular complexity index is 878. The minimum atomic E-state index is -0.481. The van der Waals surface area contributed by atoms with Crippen molar-refractivity contribution in [2.24, 2.45) is 0 Å². The van der Waals surface area contributed by atoms with Crippen molar-refractivity contribution >= 4 is 40.5 Å². The highest BCUT2D eigenvalue weighted by Crippen LogP contribution is 2.19. The molecule has 2 aromatic heterocycles. The first-order valence-corrected chi connectivity index (χ1v) is 7.56. The van der Waals surface area contributed by atoms with Crippen molar-refractivity contribution in [2.75, 3.05) is 0 Å². The van der Waals surface area contributed by atoms with Crippen LogP contribution in [0.2, 0.25) is 0 Å². The van der Waals surface area contributed by atoms with Gasteiger partial charge in [-0.15, -0.1) is 11.3 Å². The number of nitrogens with one attached hydrogen (secondary N) is 3. The van der Waals surface area contributed by atoms with Crippen molar-refractivity contribution in [3.63, 3.8) is 0 Å². The lowest BCUT2D eigenvalue weighted by Gasteiger charge is -2.06. The summed E-state index contributed by atoms with van der Waals surface area (Å²) < 4.78 is 14.0. The average molecular weight is 321 g/mol. The molecule has 0 saturated carbocycles. The number of rotatable bonds is 3.